The molecule has 5 aliphatic heterocycles. The molecule has 3 aromatic carbocycles. The van der Waals surface area contributed by atoms with Gasteiger partial charge < -0.3 is 70.2 Å². The zero-order valence-electron chi connectivity index (χ0n) is 60.5. The van der Waals surface area contributed by atoms with Gasteiger partial charge in [-0.15, -0.1) is 0 Å². The topological polar surface area (TPSA) is 328 Å². The third-order valence-electron chi connectivity index (χ3n) is 22.7. The van der Waals surface area contributed by atoms with Crippen molar-refractivity contribution in [3.63, 3.8) is 0 Å². The SMILES string of the molecule is CC(C)N(C(=O)c1nc[nH]c1C(N)=O)[C@H]1CC[C@@]2(CCCN(c3cc(F)c(F)cc3Cl)C2=O)CC1.O=C(N[C@H]1CC[C@]2(CCCN(c3cc(F)c(F)cc3Cl)C2=O)CC1)c1[nH]cnc1C(=O)N1CC(OC(F)F)C1.O=C(N[C@H]1CC[C@]2(CCCN(c3cc(F)c(F)cc3Cl)C2=O)CC1)c1[nH]cnc1C(=O)N1CCOCC1. The minimum Gasteiger partial charge on any atom is -0.378 e. The zero-order chi connectivity index (χ0) is 79.5. The van der Waals surface area contributed by atoms with Crippen LogP contribution < -0.4 is 31.1 Å². The highest BCUT2D eigenvalue weighted by molar-refractivity contribution is 6.35. The first-order chi connectivity index (χ1) is 52.9. The summed E-state index contributed by atoms with van der Waals surface area (Å²) >= 11 is 18.4. The number of benzene rings is 3. The Bertz CT molecular complexity index is 4530. The molecule has 14 rings (SSSR count). The molecule has 5 saturated heterocycles. The number of ether oxygens (including phenoxy) is 2. The maximum absolute atomic E-state index is 13.9. The first-order valence-corrected chi connectivity index (χ1v) is 37.9. The molecule has 3 aromatic heterocycles. The number of likely N-dealkylation sites (tertiary alicyclic amines) is 1. The van der Waals surface area contributed by atoms with Gasteiger partial charge in [0.2, 0.25) is 17.7 Å². The van der Waals surface area contributed by atoms with E-state index >= 15 is 0 Å². The number of hydrogen-bond acceptors (Lipinski definition) is 14. The molecule has 6 aromatic rings. The number of primary amides is 1. The number of H-pyrrole nitrogens is 3. The Morgan fingerprint density at radius 1 is 0.523 bits per heavy atom. The molecule has 8 fully saturated rings. The minimum absolute atomic E-state index is 0.00719. The summed E-state index contributed by atoms with van der Waals surface area (Å²) in [6.45, 7) is 3.67. The predicted octanol–water partition coefficient (Wildman–Crippen LogP) is 11.2. The van der Waals surface area contributed by atoms with Crippen LogP contribution in [0.15, 0.2) is 55.4 Å². The summed E-state index contributed by atoms with van der Waals surface area (Å²) in [5.41, 5.74) is 3.87. The van der Waals surface area contributed by atoms with Crippen LogP contribution in [0.1, 0.15) is 192 Å². The average molecular weight is 1620 g/mol. The van der Waals surface area contributed by atoms with Gasteiger partial charge in [-0.3, -0.25) is 43.2 Å². The highest BCUT2D eigenvalue weighted by Gasteiger charge is 2.51. The third-order valence-corrected chi connectivity index (χ3v) is 23.6. The van der Waals surface area contributed by atoms with Gasteiger partial charge in [-0.25, -0.2) is 41.3 Å². The number of morpholine rings is 1. The highest BCUT2D eigenvalue weighted by atomic mass is 35.5. The number of aromatic amines is 3. The van der Waals surface area contributed by atoms with Gasteiger partial charge in [0.15, 0.2) is 52.0 Å². The summed E-state index contributed by atoms with van der Waals surface area (Å²) in [6, 6.07) is 4.76. The number of carbonyl (C=O) groups is 9. The number of piperidine rings is 3. The van der Waals surface area contributed by atoms with Crippen molar-refractivity contribution in [3.8, 4) is 0 Å². The summed E-state index contributed by atoms with van der Waals surface area (Å²) in [5, 5.41) is 5.81. The molecule has 111 heavy (non-hydrogen) atoms. The van der Waals surface area contributed by atoms with Gasteiger partial charge in [0, 0.05) is 104 Å². The quantitative estimate of drug-likeness (QED) is 0.0411. The van der Waals surface area contributed by atoms with Gasteiger partial charge in [0.1, 0.15) is 17.1 Å². The lowest BCUT2D eigenvalue weighted by Crippen LogP contribution is -2.55. The van der Waals surface area contributed by atoms with Crippen LogP contribution >= 0.6 is 34.8 Å². The minimum atomic E-state index is -2.93. The Kier molecular flexibility index (Phi) is 24.9. The summed E-state index contributed by atoms with van der Waals surface area (Å²) in [5.74, 6) is -9.89. The van der Waals surface area contributed by atoms with Crippen molar-refractivity contribution in [2.45, 2.75) is 166 Å². The van der Waals surface area contributed by atoms with E-state index in [0.29, 0.717) is 162 Å². The van der Waals surface area contributed by atoms with Crippen molar-refractivity contribution in [2.75, 3.05) is 73.7 Å². The number of carbonyl (C=O) groups excluding carboxylic acids is 9. The number of anilines is 3. The van der Waals surface area contributed by atoms with Gasteiger partial charge in [-0.1, -0.05) is 34.8 Å². The van der Waals surface area contributed by atoms with Crippen molar-refractivity contribution in [3.05, 3.63) is 140 Å². The Balaban J connectivity index is 0.000000155. The number of rotatable bonds is 15. The smallest absolute Gasteiger partial charge is 0.345 e. The van der Waals surface area contributed by atoms with Crippen LogP contribution in [0.4, 0.5) is 52.2 Å². The number of imidazole rings is 3. The lowest BCUT2D eigenvalue weighted by atomic mass is 9.67. The lowest BCUT2D eigenvalue weighted by molar-refractivity contribution is -0.189. The van der Waals surface area contributed by atoms with Crippen LogP contribution in [0, 0.1) is 51.1 Å². The van der Waals surface area contributed by atoms with E-state index < -0.39 is 87.5 Å². The molecule has 596 valence electrons. The fourth-order valence-corrected chi connectivity index (χ4v) is 17.5. The normalized spacial score (nSPS) is 23.6. The van der Waals surface area contributed by atoms with E-state index in [1.165, 1.54) is 38.6 Å². The first-order valence-electron chi connectivity index (χ1n) is 36.8. The van der Waals surface area contributed by atoms with Crippen LogP contribution in [0.5, 0.6) is 0 Å². The largest absolute Gasteiger partial charge is 0.378 e. The second-order valence-electron chi connectivity index (χ2n) is 29.6. The monoisotopic (exact) mass is 1610 g/mol. The van der Waals surface area contributed by atoms with Gasteiger partial charge in [0.25, 0.3) is 35.4 Å². The third kappa shape index (κ3) is 17.1. The second-order valence-corrected chi connectivity index (χ2v) is 30.8. The van der Waals surface area contributed by atoms with Gasteiger partial charge >= 0.3 is 6.61 Å². The summed E-state index contributed by atoms with van der Waals surface area (Å²) in [4.78, 5) is 146. The molecule has 0 bridgehead atoms. The molecule has 3 spiro atoms. The highest BCUT2D eigenvalue weighted by Crippen LogP contribution is 2.50. The standard InChI is InChI=1S/C25H26ClF4N5O4.C25H28ClF2N5O4.C24H28ClF2N5O3/c26-15-8-16(27)17(28)9-18(15)35-7-1-4-25(23(35)38)5-2-13(3-6-25)33-21(36)19-20(32-12-31-19)22(37)34-10-14(11-34)39-24(29)30;26-16-12-17(27)18(28)13-19(16)33-7-1-4-25(24(33)36)5-2-15(3-6-25)31-22(34)20-21(30-14-29-20)23(35)32-8-10-37-11-9-32;1-13(2)32(22(34)20-19(21(28)33)29-12-30-20)14-4-7-24(8-5-14)6-3-9-31(23(24)35)18-11-17(27)16(26)10-15(18)25/h8-9,12-14,24H,1-7,10-11H2,(H,31,32)(H,33,36);12-15H,1-11H2,(H,29,30)(H,31,34);10-14H,3-9H2,1-2H3,(H2,28,33)(H,29,30)/t13-,25+;15-,25+;14-,24-. The van der Waals surface area contributed by atoms with Crippen LogP contribution in [0.25, 0.3) is 0 Å². The summed E-state index contributed by atoms with van der Waals surface area (Å²) in [6.07, 6.45) is 13.5. The van der Waals surface area contributed by atoms with E-state index in [1.54, 1.807) is 9.80 Å². The number of hydrogen-bond donors (Lipinski definition) is 6. The molecular weight excluding hydrogens is 1530 g/mol. The van der Waals surface area contributed by atoms with Crippen molar-refractivity contribution in [1.82, 2.24) is 55.2 Å². The number of nitrogens with two attached hydrogens (primary N) is 1. The van der Waals surface area contributed by atoms with Crippen molar-refractivity contribution >= 4 is 105 Å². The van der Waals surface area contributed by atoms with Gasteiger partial charge in [-0.05, 0) is 148 Å². The second kappa shape index (κ2) is 34.0. The van der Waals surface area contributed by atoms with E-state index in [0.717, 1.165) is 36.4 Å². The molecule has 7 N–H and O–H groups in total. The average Bonchev–Trinajstić information content (AvgIpc) is 1.71. The van der Waals surface area contributed by atoms with Crippen LogP contribution in [0.2, 0.25) is 15.1 Å². The number of amides is 9. The molecule has 3 saturated carbocycles. The molecule has 8 heterocycles. The van der Waals surface area contributed by atoms with Crippen molar-refractivity contribution in [2.24, 2.45) is 22.0 Å². The lowest BCUT2D eigenvalue weighted by Gasteiger charge is -2.48. The molecular formula is C74H82Cl3F8N15O11. The molecule has 37 heteroatoms. The van der Waals surface area contributed by atoms with Gasteiger partial charge in [-0.2, -0.15) is 8.78 Å². The number of halogens is 11. The molecule has 8 aliphatic rings. The molecule has 9 amide bonds. The zero-order valence-corrected chi connectivity index (χ0v) is 62.8. The fraction of sp³-hybridized carbons (Fsp3) is 0.514. The number of nitrogens with one attached hydrogen (secondary N) is 5. The number of nitrogens with zero attached hydrogens (tertiary/aromatic N) is 9. The summed E-state index contributed by atoms with van der Waals surface area (Å²) in [7, 11) is 0. The van der Waals surface area contributed by atoms with E-state index in [9.17, 15) is 78.3 Å². The van der Waals surface area contributed by atoms with Crippen molar-refractivity contribution in [1.29, 1.82) is 0 Å². The summed E-state index contributed by atoms with van der Waals surface area (Å²) < 4.78 is 117. The van der Waals surface area contributed by atoms with E-state index in [4.69, 9.17) is 45.3 Å². The van der Waals surface area contributed by atoms with Crippen LogP contribution in [-0.2, 0) is 23.9 Å². The molecule has 3 aliphatic carbocycles. The Labute approximate surface area is 646 Å². The maximum atomic E-state index is 13.9. The maximum Gasteiger partial charge on any atom is 0.345 e. The molecule has 0 radical (unpaired) electrons. The van der Waals surface area contributed by atoms with Crippen LogP contribution in [0.3, 0.4) is 0 Å². The Morgan fingerprint density at radius 3 is 1.24 bits per heavy atom. The van der Waals surface area contributed by atoms with Crippen LogP contribution in [-0.4, -0.2) is 194 Å². The van der Waals surface area contributed by atoms with E-state index in [2.05, 4.69) is 45.3 Å². The number of alkyl halides is 2. The van der Waals surface area contributed by atoms with E-state index in [-0.39, 0.29) is 133 Å². The molecule has 26 nitrogen and oxygen atoms in total. The molecule has 0 unspecified atom stereocenters. The van der Waals surface area contributed by atoms with Crippen molar-refractivity contribution < 1.29 is 87.7 Å². The number of aromatic nitrogens is 6. The van der Waals surface area contributed by atoms with Gasteiger partial charge in [0.05, 0.1) is 70.4 Å². The Hall–Kier alpha value is -9.25. The predicted molar refractivity (Wildman–Crippen MR) is 387 cm³/mol. The van der Waals surface area contributed by atoms with E-state index in [1.807, 2.05) is 13.8 Å². The molecule has 0 atom stereocenters. The first kappa shape index (κ1) is 81.2. The fourth-order valence-electron chi connectivity index (χ4n) is 16.8. The Morgan fingerprint density at radius 2 is 0.874 bits per heavy atom.